The Balaban J connectivity index is 1.08. The molecule has 0 aliphatic carbocycles. The number of hydrogen-bond acceptors (Lipinski definition) is 4. The van der Waals surface area contributed by atoms with E-state index < -0.39 is 34.2 Å². The first-order valence-electron chi connectivity index (χ1n) is 21.8. The fourth-order valence-corrected chi connectivity index (χ4v) is 32.9. The van der Waals surface area contributed by atoms with Gasteiger partial charge in [-0.3, -0.25) is 0 Å². The Morgan fingerprint density at radius 2 is 0.610 bits per heavy atom. The summed E-state index contributed by atoms with van der Waals surface area (Å²) in [5.41, 5.74) is 5.50. The van der Waals surface area contributed by atoms with Gasteiger partial charge < -0.3 is 16.5 Å². The number of fused-ring (bicyclic) bond motifs is 3. The Kier molecular flexibility index (Phi) is 13.0. The molecule has 4 nitrogen and oxygen atoms in total. The molecule has 0 radical (unpaired) electrons. The lowest BCUT2D eigenvalue weighted by molar-refractivity contribution is 0.221. The lowest BCUT2D eigenvalue weighted by Crippen LogP contribution is -2.67. The zero-order chi connectivity index (χ0) is 40.8. The quantitative estimate of drug-likeness (QED) is 0.0963. The van der Waals surface area contributed by atoms with E-state index in [1.54, 1.807) is 0 Å². The van der Waals surface area contributed by atoms with Crippen LogP contribution in [0.1, 0.15) is 41.5 Å². The first-order chi connectivity index (χ1) is 28.6. The van der Waals surface area contributed by atoms with Gasteiger partial charge in [0.2, 0.25) is 0 Å². The molecule has 1 fully saturated rings. The van der Waals surface area contributed by atoms with Gasteiger partial charge in [-0.25, -0.2) is 0 Å². The van der Waals surface area contributed by atoms with Crippen molar-refractivity contribution in [3.05, 3.63) is 180 Å². The molecule has 1 aliphatic heterocycles. The van der Waals surface area contributed by atoms with Crippen molar-refractivity contribution in [3.63, 3.8) is 0 Å². The minimum atomic E-state index is -2.81. The minimum absolute atomic E-state index is 0.876. The monoisotopic (exact) mass is 848 g/mol. The van der Waals surface area contributed by atoms with Crippen molar-refractivity contribution in [1.82, 2.24) is 0 Å². The molecule has 59 heavy (non-hydrogen) atoms. The molecule has 7 aromatic carbocycles. The van der Waals surface area contributed by atoms with Crippen LogP contribution in [-0.2, 0) is 42.1 Å². The van der Waals surface area contributed by atoms with Crippen molar-refractivity contribution < 1.29 is 16.5 Å². The third-order valence-electron chi connectivity index (χ3n) is 12.3. The lowest BCUT2D eigenvalue weighted by atomic mass is 10.0. The van der Waals surface area contributed by atoms with Crippen LogP contribution in [0.3, 0.4) is 0 Å². The highest BCUT2D eigenvalue weighted by Crippen LogP contribution is 2.40. The molecule has 0 bridgehead atoms. The van der Waals surface area contributed by atoms with Gasteiger partial charge in [0.05, 0.1) is 0 Å². The van der Waals surface area contributed by atoms with Gasteiger partial charge in [-0.1, -0.05) is 158 Å². The topological polar surface area (TPSA) is 36.9 Å². The Bertz CT molecular complexity index is 2380. The van der Waals surface area contributed by atoms with E-state index in [1.165, 1.54) is 54.6 Å². The van der Waals surface area contributed by atoms with Gasteiger partial charge in [-0.05, 0) is 150 Å². The van der Waals surface area contributed by atoms with Crippen LogP contribution in [0.2, 0.25) is 50.4 Å². The molecule has 7 aromatic rings. The van der Waals surface area contributed by atoms with Crippen molar-refractivity contribution in [3.8, 4) is 0 Å². The van der Waals surface area contributed by atoms with Crippen molar-refractivity contribution in [1.29, 1.82) is 0 Å². The molecule has 2 unspecified atom stereocenters. The summed E-state index contributed by atoms with van der Waals surface area (Å²) in [4.78, 5) is 0. The summed E-state index contributed by atoms with van der Waals surface area (Å²) < 4.78 is 30.8. The molecule has 8 heteroatoms. The molecule has 0 aromatic heterocycles. The van der Waals surface area contributed by atoms with Crippen LogP contribution >= 0.6 is 0 Å². The number of aryl methyl sites for hydroxylation is 4. The van der Waals surface area contributed by atoms with E-state index in [-0.39, 0.29) is 0 Å². The molecular formula is C51H60O4Si4. The highest BCUT2D eigenvalue weighted by molar-refractivity contribution is 6.93. The van der Waals surface area contributed by atoms with Gasteiger partial charge >= 0.3 is 34.2 Å². The van der Waals surface area contributed by atoms with Crippen LogP contribution in [-0.4, -0.2) is 34.2 Å². The average molecular weight is 849 g/mol. The summed E-state index contributed by atoms with van der Waals surface area (Å²) in [6.45, 7) is 9.32. The molecule has 304 valence electrons. The van der Waals surface area contributed by atoms with Gasteiger partial charge in [0.25, 0.3) is 0 Å². The summed E-state index contributed by atoms with van der Waals surface area (Å²) in [5, 5.41) is 7.91. The summed E-state index contributed by atoms with van der Waals surface area (Å²) in [6.07, 6.45) is 6.88. The first kappa shape index (κ1) is 41.7. The highest BCUT2D eigenvalue weighted by Gasteiger charge is 2.56. The van der Waals surface area contributed by atoms with E-state index in [1.807, 2.05) is 0 Å². The number of benzene rings is 7. The predicted molar refractivity (Wildman–Crippen MR) is 257 cm³/mol. The second-order valence-electron chi connectivity index (χ2n) is 17.4. The van der Waals surface area contributed by atoms with Crippen molar-refractivity contribution in [2.75, 3.05) is 0 Å². The molecule has 0 N–H and O–H groups in total. The molecule has 8 rings (SSSR count). The molecule has 0 amide bonds. The molecule has 0 saturated carbocycles. The van der Waals surface area contributed by atoms with Crippen LogP contribution in [0.15, 0.2) is 158 Å². The Hall–Kier alpha value is -3.97. The van der Waals surface area contributed by atoms with Gasteiger partial charge in [-0.15, -0.1) is 0 Å². The maximum atomic E-state index is 7.71. The maximum absolute atomic E-state index is 7.71. The lowest BCUT2D eigenvalue weighted by Gasteiger charge is -2.50. The Morgan fingerprint density at radius 1 is 0.305 bits per heavy atom. The number of rotatable bonds is 15. The number of hydrogen-bond donors (Lipinski definition) is 0. The highest BCUT2D eigenvalue weighted by atomic mass is 28.5. The smallest absolute Gasteiger partial charge is 0.317 e. The summed E-state index contributed by atoms with van der Waals surface area (Å²) >= 11 is 0. The second-order valence-corrected chi connectivity index (χ2v) is 31.7. The van der Waals surface area contributed by atoms with Crippen LogP contribution in [0.4, 0.5) is 0 Å². The van der Waals surface area contributed by atoms with E-state index in [2.05, 4.69) is 184 Å². The minimum Gasteiger partial charge on any atom is -0.416 e. The van der Waals surface area contributed by atoms with Crippen molar-refractivity contribution in [2.24, 2.45) is 0 Å². The van der Waals surface area contributed by atoms with Crippen LogP contribution in [0, 0.1) is 0 Å². The fourth-order valence-electron chi connectivity index (χ4n) is 9.67. The Morgan fingerprint density at radius 3 is 0.983 bits per heavy atom. The summed E-state index contributed by atoms with van der Waals surface area (Å²) in [5.74, 6) is 0. The second kappa shape index (κ2) is 18.3. The van der Waals surface area contributed by atoms with Crippen LogP contribution < -0.4 is 0 Å². The molecule has 1 saturated heterocycles. The molecule has 1 heterocycles. The van der Waals surface area contributed by atoms with Gasteiger partial charge in [0.15, 0.2) is 0 Å². The fraction of sp³-hybridized carbons (Fsp3) is 0.294. The predicted octanol–water partition coefficient (Wildman–Crippen LogP) is 14.0. The standard InChI is InChI=1S/C51H60O4Si4/c1-56(38-17-31-46-28-14-25-43-22-8-11-34-49(43)46)52-57(2,39-18-32-47-29-15-26-44-23-9-12-35-50(44)47)54-59(4,41-37-42-20-6-5-7-21-42)55-58(3,53-56)40-19-33-48-30-16-27-45-24-10-13-36-51(45)48/h5-16,20-30,34-36H,17-19,31-33,37-41H2,1-4H3. The van der Waals surface area contributed by atoms with Crippen molar-refractivity contribution in [2.45, 2.75) is 95.3 Å². The Labute approximate surface area is 356 Å². The van der Waals surface area contributed by atoms with Crippen LogP contribution in [0.5, 0.6) is 0 Å². The zero-order valence-electron chi connectivity index (χ0n) is 35.4. The molecule has 2 atom stereocenters. The van der Waals surface area contributed by atoms with Crippen molar-refractivity contribution >= 4 is 66.6 Å². The normalized spacial score (nSPS) is 23.7. The largest absolute Gasteiger partial charge is 0.416 e. The summed E-state index contributed by atoms with van der Waals surface area (Å²) in [6, 6.07) is 60.8. The van der Waals surface area contributed by atoms with E-state index in [9.17, 15) is 0 Å². The third-order valence-corrected chi connectivity index (χ3v) is 31.1. The van der Waals surface area contributed by atoms with Gasteiger partial charge in [0.1, 0.15) is 0 Å². The van der Waals surface area contributed by atoms with E-state index in [0.29, 0.717) is 0 Å². The molecular weight excluding hydrogens is 789 g/mol. The molecule has 0 spiro atoms. The van der Waals surface area contributed by atoms with Gasteiger partial charge in [-0.2, -0.15) is 0 Å². The summed E-state index contributed by atoms with van der Waals surface area (Å²) in [7, 11) is -11.2. The SMILES string of the molecule is C[Si]1(CCCc2cccc3ccccc23)O[Si](C)(CCCc2cccc3ccccc23)O[Si](C)(CCc2ccccc2)O[Si](C)(CCCc2cccc3ccccc23)O1. The van der Waals surface area contributed by atoms with E-state index in [0.717, 1.165) is 69.1 Å². The third kappa shape index (κ3) is 10.5. The maximum Gasteiger partial charge on any atom is 0.317 e. The average Bonchev–Trinajstić information content (AvgIpc) is 3.23. The van der Waals surface area contributed by atoms with Gasteiger partial charge in [0, 0.05) is 0 Å². The van der Waals surface area contributed by atoms with Crippen LogP contribution in [0.25, 0.3) is 32.3 Å². The van der Waals surface area contributed by atoms with E-state index >= 15 is 0 Å². The zero-order valence-corrected chi connectivity index (χ0v) is 39.4. The van der Waals surface area contributed by atoms with E-state index in [4.69, 9.17) is 16.5 Å². The first-order valence-corrected chi connectivity index (χ1v) is 31.9. The molecule has 1 aliphatic rings.